The maximum Gasteiger partial charge on any atom is 0.263 e. The molecule has 0 spiro atoms. The molecule has 2 unspecified atom stereocenters. The summed E-state index contributed by atoms with van der Waals surface area (Å²) in [4.78, 5) is 2.39. The Bertz CT molecular complexity index is 442. The predicted molar refractivity (Wildman–Crippen MR) is 78.5 cm³/mol. The summed E-state index contributed by atoms with van der Waals surface area (Å²) in [6, 6.07) is 8.08. The molecule has 1 aromatic carbocycles. The average molecular weight is 303 g/mol. The molecule has 0 aliphatic carbocycles. The summed E-state index contributed by atoms with van der Waals surface area (Å²) in [7, 11) is 0. The van der Waals surface area contributed by atoms with E-state index in [4.69, 9.17) is 0 Å². The normalized spacial score (nSPS) is 26.4. The molecule has 2 aliphatic heterocycles. The smallest absolute Gasteiger partial charge is 0.263 e. The van der Waals surface area contributed by atoms with Gasteiger partial charge in [0.1, 0.15) is 0 Å². The molecule has 2 heterocycles. The van der Waals surface area contributed by atoms with E-state index in [1.807, 2.05) is 6.07 Å². The number of hydrogen-bond donors (Lipinski definition) is 1. The first-order valence-corrected chi connectivity index (χ1v) is 7.06. The molecule has 2 nitrogen and oxygen atoms in total. The Balaban J connectivity index is 0.00000147. The first kappa shape index (κ1) is 15.7. The minimum atomic E-state index is -2.37. The predicted octanol–water partition coefficient (Wildman–Crippen LogP) is 3.37. The Morgan fingerprint density at radius 2 is 2.00 bits per heavy atom. The Hall–Kier alpha value is -0.710. The van der Waals surface area contributed by atoms with Gasteiger partial charge in [0.15, 0.2) is 0 Å². The third-order valence-corrected chi connectivity index (χ3v) is 4.22. The van der Waals surface area contributed by atoms with Crippen molar-refractivity contribution >= 4 is 12.4 Å². The van der Waals surface area contributed by atoms with Gasteiger partial charge in [-0.3, -0.25) is 4.90 Å². The molecule has 1 N–H and O–H groups in total. The van der Waals surface area contributed by atoms with E-state index in [-0.39, 0.29) is 18.0 Å². The number of halogens is 3. The highest BCUT2D eigenvalue weighted by atomic mass is 35.5. The van der Waals surface area contributed by atoms with E-state index in [2.05, 4.69) is 10.2 Å². The molecule has 2 bridgehead atoms. The number of fused-ring (bicyclic) bond motifs is 2. The molecule has 0 amide bonds. The van der Waals surface area contributed by atoms with Gasteiger partial charge in [-0.1, -0.05) is 18.2 Å². The van der Waals surface area contributed by atoms with Gasteiger partial charge < -0.3 is 5.32 Å². The second-order valence-corrected chi connectivity index (χ2v) is 5.71. The largest absolute Gasteiger partial charge is 0.310 e. The number of nitrogens with zero attached hydrogens (tertiary/aromatic N) is 1. The van der Waals surface area contributed by atoms with Crippen molar-refractivity contribution in [2.24, 2.45) is 0 Å². The molecule has 2 saturated heterocycles. The van der Waals surface area contributed by atoms with Gasteiger partial charge in [-0.05, 0) is 30.9 Å². The number of rotatable bonds is 3. The maximum atomic E-state index is 12.7. The van der Waals surface area contributed by atoms with Gasteiger partial charge in [-0.15, -0.1) is 12.4 Å². The highest BCUT2D eigenvalue weighted by molar-refractivity contribution is 5.85. The quantitative estimate of drug-likeness (QED) is 0.921. The third kappa shape index (κ3) is 3.68. The summed E-state index contributed by atoms with van der Waals surface area (Å²) in [6.45, 7) is 2.88. The monoisotopic (exact) mass is 302 g/mol. The number of alkyl halides is 2. The second-order valence-electron chi connectivity index (χ2n) is 5.71. The van der Waals surface area contributed by atoms with Crippen LogP contribution in [0.2, 0.25) is 0 Å². The van der Waals surface area contributed by atoms with Gasteiger partial charge in [0.05, 0.1) is 0 Å². The van der Waals surface area contributed by atoms with Gasteiger partial charge >= 0.3 is 0 Å². The fourth-order valence-electron chi connectivity index (χ4n) is 3.24. The van der Waals surface area contributed by atoms with E-state index < -0.39 is 6.43 Å². The van der Waals surface area contributed by atoms with Crippen LogP contribution in [0.3, 0.4) is 0 Å². The molecule has 20 heavy (non-hydrogen) atoms. The lowest BCUT2D eigenvalue weighted by atomic mass is 10.1. The minimum absolute atomic E-state index is 0. The van der Waals surface area contributed by atoms with Crippen LogP contribution >= 0.6 is 12.4 Å². The van der Waals surface area contributed by atoms with E-state index in [0.717, 1.165) is 25.2 Å². The maximum absolute atomic E-state index is 12.7. The lowest BCUT2D eigenvalue weighted by Crippen LogP contribution is -2.34. The van der Waals surface area contributed by atoms with Crippen molar-refractivity contribution in [1.82, 2.24) is 10.2 Å². The molecule has 0 saturated carbocycles. The molecule has 0 radical (unpaired) electrons. The van der Waals surface area contributed by atoms with Crippen LogP contribution < -0.4 is 5.32 Å². The van der Waals surface area contributed by atoms with Crippen LogP contribution in [-0.4, -0.2) is 30.1 Å². The third-order valence-electron chi connectivity index (χ3n) is 4.22. The highest BCUT2D eigenvalue weighted by Gasteiger charge is 2.29. The number of hydrogen-bond acceptors (Lipinski definition) is 2. The Morgan fingerprint density at radius 3 is 2.80 bits per heavy atom. The first-order chi connectivity index (χ1) is 9.20. The Morgan fingerprint density at radius 1 is 1.20 bits per heavy atom. The topological polar surface area (TPSA) is 15.3 Å². The zero-order valence-electron chi connectivity index (χ0n) is 11.4. The summed E-state index contributed by atoms with van der Waals surface area (Å²) in [5.74, 6) is 0. The standard InChI is InChI=1S/C15H20F2N2.ClH/c16-15(17)12-3-1-2-11(8-12)9-19-7-6-13-4-5-14(10-19)18-13;/h1-3,8,13-15,18H,4-7,9-10H2;1H. The molecule has 2 atom stereocenters. The molecule has 2 aliphatic rings. The summed E-state index contributed by atoms with van der Waals surface area (Å²) < 4.78 is 25.4. The number of benzene rings is 1. The summed E-state index contributed by atoms with van der Waals surface area (Å²) >= 11 is 0. The van der Waals surface area contributed by atoms with Crippen molar-refractivity contribution in [3.05, 3.63) is 35.4 Å². The van der Waals surface area contributed by atoms with Gasteiger partial charge in [0, 0.05) is 37.3 Å². The summed E-state index contributed by atoms with van der Waals surface area (Å²) in [5, 5.41) is 3.64. The molecule has 5 heteroatoms. The van der Waals surface area contributed by atoms with Crippen molar-refractivity contribution in [3.8, 4) is 0 Å². The van der Waals surface area contributed by atoms with Crippen molar-refractivity contribution < 1.29 is 8.78 Å². The number of nitrogens with one attached hydrogen (secondary N) is 1. The van der Waals surface area contributed by atoms with Crippen LogP contribution in [-0.2, 0) is 6.54 Å². The van der Waals surface area contributed by atoms with E-state index in [1.165, 1.54) is 25.3 Å². The first-order valence-electron chi connectivity index (χ1n) is 7.06. The van der Waals surface area contributed by atoms with Crippen molar-refractivity contribution in [2.45, 2.75) is 44.3 Å². The molecule has 3 rings (SSSR count). The lowest BCUT2D eigenvalue weighted by Gasteiger charge is -2.24. The van der Waals surface area contributed by atoms with Gasteiger partial charge in [0.25, 0.3) is 6.43 Å². The molecular weight excluding hydrogens is 282 g/mol. The van der Waals surface area contributed by atoms with E-state index >= 15 is 0 Å². The van der Waals surface area contributed by atoms with Crippen molar-refractivity contribution in [2.75, 3.05) is 13.1 Å². The Labute approximate surface area is 124 Å². The fraction of sp³-hybridized carbons (Fsp3) is 0.600. The van der Waals surface area contributed by atoms with Crippen LogP contribution in [0, 0.1) is 0 Å². The zero-order valence-corrected chi connectivity index (χ0v) is 12.2. The second kappa shape index (κ2) is 6.83. The minimum Gasteiger partial charge on any atom is -0.310 e. The van der Waals surface area contributed by atoms with E-state index in [9.17, 15) is 8.78 Å². The van der Waals surface area contributed by atoms with Crippen molar-refractivity contribution in [3.63, 3.8) is 0 Å². The molecule has 1 aromatic rings. The zero-order chi connectivity index (χ0) is 13.2. The van der Waals surface area contributed by atoms with Crippen LogP contribution in [0.5, 0.6) is 0 Å². The van der Waals surface area contributed by atoms with E-state index in [0.29, 0.717) is 12.1 Å². The van der Waals surface area contributed by atoms with Crippen LogP contribution in [0.15, 0.2) is 24.3 Å². The van der Waals surface area contributed by atoms with Gasteiger partial charge in [-0.2, -0.15) is 0 Å². The fourth-order valence-corrected chi connectivity index (χ4v) is 3.24. The van der Waals surface area contributed by atoms with Crippen molar-refractivity contribution in [1.29, 1.82) is 0 Å². The Kier molecular flexibility index (Phi) is 5.35. The summed E-state index contributed by atoms with van der Waals surface area (Å²) in [5.41, 5.74) is 1.13. The molecule has 2 fully saturated rings. The average Bonchev–Trinajstić information content (AvgIpc) is 2.73. The van der Waals surface area contributed by atoms with Crippen LogP contribution in [0.4, 0.5) is 8.78 Å². The van der Waals surface area contributed by atoms with Crippen LogP contribution in [0.25, 0.3) is 0 Å². The summed E-state index contributed by atoms with van der Waals surface area (Å²) in [6.07, 6.45) is 1.34. The van der Waals surface area contributed by atoms with Crippen LogP contribution in [0.1, 0.15) is 36.8 Å². The molecule has 0 aromatic heterocycles. The van der Waals surface area contributed by atoms with Gasteiger partial charge in [0.2, 0.25) is 0 Å². The number of likely N-dealkylation sites (tertiary alicyclic amines) is 1. The van der Waals surface area contributed by atoms with Gasteiger partial charge in [-0.25, -0.2) is 8.78 Å². The SMILES string of the molecule is Cl.FC(F)c1cccc(CN2CCC3CCC(C2)N3)c1. The lowest BCUT2D eigenvalue weighted by molar-refractivity contribution is 0.151. The molecule has 112 valence electrons. The molecular formula is C15H21ClF2N2. The highest BCUT2D eigenvalue weighted by Crippen LogP contribution is 2.23. The van der Waals surface area contributed by atoms with E-state index in [1.54, 1.807) is 12.1 Å².